The molecule has 1 aliphatic heterocycles. The lowest BCUT2D eigenvalue weighted by molar-refractivity contribution is -0.140. The summed E-state index contributed by atoms with van der Waals surface area (Å²) >= 11 is 5.97. The van der Waals surface area contributed by atoms with Crippen molar-refractivity contribution in [2.24, 2.45) is 0 Å². The SMILES string of the molecule is CCNC(=O)C(C)N(Cc1ccc(Cl)cc1)C(=O)CCCN(c1ccc2c(c1)OCO2)S(C)(=O)=O. The minimum absolute atomic E-state index is 0.0634. The van der Waals surface area contributed by atoms with E-state index in [4.69, 9.17) is 21.1 Å². The van der Waals surface area contributed by atoms with Gasteiger partial charge in [-0.2, -0.15) is 0 Å². The molecule has 0 radical (unpaired) electrons. The maximum absolute atomic E-state index is 13.2. The number of fused-ring (bicyclic) bond motifs is 1. The number of hydrogen-bond acceptors (Lipinski definition) is 6. The zero-order chi connectivity index (χ0) is 25.6. The Bertz CT molecular complexity index is 1160. The second-order valence-corrected chi connectivity index (χ2v) is 10.5. The highest BCUT2D eigenvalue weighted by molar-refractivity contribution is 7.92. The molecule has 9 nitrogen and oxygen atoms in total. The Balaban J connectivity index is 1.71. The van der Waals surface area contributed by atoms with Crippen molar-refractivity contribution in [1.82, 2.24) is 10.2 Å². The predicted octanol–water partition coefficient (Wildman–Crippen LogP) is 3.17. The molecule has 190 valence electrons. The number of nitrogens with one attached hydrogen (secondary N) is 1. The van der Waals surface area contributed by atoms with Crippen molar-refractivity contribution in [3.63, 3.8) is 0 Å². The van der Waals surface area contributed by atoms with Gasteiger partial charge >= 0.3 is 0 Å². The van der Waals surface area contributed by atoms with Crippen LogP contribution < -0.4 is 19.1 Å². The number of anilines is 1. The highest BCUT2D eigenvalue weighted by Gasteiger charge is 2.27. The van der Waals surface area contributed by atoms with Gasteiger partial charge in [0.05, 0.1) is 11.9 Å². The molecule has 0 aliphatic carbocycles. The third kappa shape index (κ3) is 7.02. The van der Waals surface area contributed by atoms with Crippen molar-refractivity contribution < 1.29 is 27.5 Å². The van der Waals surface area contributed by atoms with Gasteiger partial charge in [-0.05, 0) is 50.1 Å². The van der Waals surface area contributed by atoms with Gasteiger partial charge in [0.15, 0.2) is 11.5 Å². The Hall–Kier alpha value is -2.98. The van der Waals surface area contributed by atoms with E-state index in [1.807, 2.05) is 6.92 Å². The zero-order valence-electron chi connectivity index (χ0n) is 20.0. The van der Waals surface area contributed by atoms with Gasteiger partial charge in [0.2, 0.25) is 28.6 Å². The molecular weight excluding hydrogens is 494 g/mol. The van der Waals surface area contributed by atoms with Gasteiger partial charge in [-0.15, -0.1) is 0 Å². The maximum Gasteiger partial charge on any atom is 0.242 e. The van der Waals surface area contributed by atoms with E-state index in [9.17, 15) is 18.0 Å². The summed E-state index contributed by atoms with van der Waals surface area (Å²) in [6.45, 7) is 4.34. The van der Waals surface area contributed by atoms with Crippen LogP contribution in [0.25, 0.3) is 0 Å². The largest absolute Gasteiger partial charge is 0.454 e. The number of carbonyl (C=O) groups is 2. The third-order valence-electron chi connectivity index (χ3n) is 5.58. The fourth-order valence-corrected chi connectivity index (χ4v) is 4.82. The minimum atomic E-state index is -3.61. The van der Waals surface area contributed by atoms with E-state index < -0.39 is 16.1 Å². The number of hydrogen-bond donors (Lipinski definition) is 1. The van der Waals surface area contributed by atoms with E-state index in [1.165, 1.54) is 9.21 Å². The lowest BCUT2D eigenvalue weighted by atomic mass is 10.1. The molecule has 1 atom stereocenters. The molecule has 3 rings (SSSR count). The second kappa shape index (κ2) is 11.6. The molecule has 0 aromatic heterocycles. The van der Waals surface area contributed by atoms with E-state index in [1.54, 1.807) is 49.4 Å². The lowest BCUT2D eigenvalue weighted by Gasteiger charge is -2.29. The van der Waals surface area contributed by atoms with E-state index in [0.29, 0.717) is 28.8 Å². The number of likely N-dealkylation sites (N-methyl/N-ethyl adjacent to an activating group) is 1. The van der Waals surface area contributed by atoms with Crippen LogP contribution >= 0.6 is 11.6 Å². The van der Waals surface area contributed by atoms with Crippen LogP contribution in [0.15, 0.2) is 42.5 Å². The average molecular weight is 524 g/mol. The molecule has 2 amide bonds. The van der Waals surface area contributed by atoms with Gasteiger partial charge in [-0.1, -0.05) is 23.7 Å². The van der Waals surface area contributed by atoms with Crippen LogP contribution in [0.3, 0.4) is 0 Å². The van der Waals surface area contributed by atoms with Crippen LogP contribution in [0, 0.1) is 0 Å². The predicted molar refractivity (Wildman–Crippen MR) is 134 cm³/mol. The number of halogens is 1. The Morgan fingerprint density at radius 1 is 1.11 bits per heavy atom. The van der Waals surface area contributed by atoms with E-state index >= 15 is 0 Å². The minimum Gasteiger partial charge on any atom is -0.454 e. The molecule has 2 aromatic rings. The zero-order valence-corrected chi connectivity index (χ0v) is 21.6. The van der Waals surface area contributed by atoms with Gasteiger partial charge < -0.3 is 19.7 Å². The topological polar surface area (TPSA) is 105 Å². The molecular formula is C24H30ClN3O6S. The van der Waals surface area contributed by atoms with Gasteiger partial charge in [0, 0.05) is 37.1 Å². The molecule has 0 saturated heterocycles. The van der Waals surface area contributed by atoms with E-state index in [0.717, 1.165) is 11.8 Å². The molecule has 11 heteroatoms. The molecule has 1 heterocycles. The number of carbonyl (C=O) groups excluding carboxylic acids is 2. The van der Waals surface area contributed by atoms with Crippen molar-refractivity contribution in [2.75, 3.05) is 30.4 Å². The monoisotopic (exact) mass is 523 g/mol. The normalized spacial score (nSPS) is 13.3. The first kappa shape index (κ1) is 26.6. The van der Waals surface area contributed by atoms with Crippen LogP contribution in [-0.2, 0) is 26.2 Å². The number of rotatable bonds is 11. The first-order valence-electron chi connectivity index (χ1n) is 11.3. The standard InChI is InChI=1S/C24H30ClN3O6S/c1-4-26-24(30)17(2)27(15-18-7-9-19(25)10-8-18)23(29)6-5-13-28(35(3,31)32)20-11-12-21-22(14-20)34-16-33-21/h7-12,14,17H,4-6,13,15-16H2,1-3H3,(H,26,30). The Kier molecular flexibility index (Phi) is 8.85. The maximum atomic E-state index is 13.2. The number of benzene rings is 2. The van der Waals surface area contributed by atoms with Crippen molar-refractivity contribution in [3.05, 3.63) is 53.1 Å². The molecule has 1 N–H and O–H groups in total. The fraction of sp³-hybridized carbons (Fsp3) is 0.417. The highest BCUT2D eigenvalue weighted by Crippen LogP contribution is 2.36. The van der Waals surface area contributed by atoms with Gasteiger partial charge in [0.25, 0.3) is 0 Å². The van der Waals surface area contributed by atoms with Crippen LogP contribution in [0.2, 0.25) is 5.02 Å². The molecule has 2 aromatic carbocycles. The smallest absolute Gasteiger partial charge is 0.242 e. The summed E-state index contributed by atoms with van der Waals surface area (Å²) in [4.78, 5) is 27.2. The quantitative estimate of drug-likeness (QED) is 0.485. The van der Waals surface area contributed by atoms with Crippen LogP contribution in [0.4, 0.5) is 5.69 Å². The van der Waals surface area contributed by atoms with Gasteiger partial charge in [-0.25, -0.2) is 8.42 Å². The molecule has 0 spiro atoms. The number of sulfonamides is 1. The Labute approximate surface area is 211 Å². The molecule has 0 saturated carbocycles. The summed E-state index contributed by atoms with van der Waals surface area (Å²) in [6, 6.07) is 11.3. The summed E-state index contributed by atoms with van der Waals surface area (Å²) in [5, 5.41) is 3.32. The van der Waals surface area contributed by atoms with Crippen LogP contribution in [-0.4, -0.2) is 57.3 Å². The third-order valence-corrected chi connectivity index (χ3v) is 7.03. The van der Waals surface area contributed by atoms with Crippen molar-refractivity contribution in [3.8, 4) is 11.5 Å². The lowest BCUT2D eigenvalue weighted by Crippen LogP contribution is -2.47. The first-order chi connectivity index (χ1) is 16.6. The number of nitrogens with zero attached hydrogens (tertiary/aromatic N) is 2. The average Bonchev–Trinajstić information content (AvgIpc) is 3.28. The van der Waals surface area contributed by atoms with Crippen LogP contribution in [0.5, 0.6) is 11.5 Å². The Morgan fingerprint density at radius 3 is 2.46 bits per heavy atom. The summed E-state index contributed by atoms with van der Waals surface area (Å²) in [5.74, 6) is 0.512. The van der Waals surface area contributed by atoms with E-state index in [2.05, 4.69) is 5.32 Å². The van der Waals surface area contributed by atoms with Crippen LogP contribution in [0.1, 0.15) is 32.3 Å². The summed E-state index contributed by atoms with van der Waals surface area (Å²) < 4.78 is 36.8. The van der Waals surface area contributed by atoms with Crippen molar-refractivity contribution >= 4 is 39.1 Å². The molecule has 0 fully saturated rings. The Morgan fingerprint density at radius 2 is 1.80 bits per heavy atom. The van der Waals surface area contributed by atoms with E-state index in [-0.39, 0.29) is 44.5 Å². The highest BCUT2D eigenvalue weighted by atomic mass is 35.5. The molecule has 0 bridgehead atoms. The summed E-state index contributed by atoms with van der Waals surface area (Å²) in [5.41, 5.74) is 1.26. The fourth-order valence-electron chi connectivity index (χ4n) is 3.74. The number of ether oxygens (including phenoxy) is 2. The van der Waals surface area contributed by atoms with Gasteiger partial charge in [0.1, 0.15) is 6.04 Å². The summed E-state index contributed by atoms with van der Waals surface area (Å²) in [6.07, 6.45) is 1.44. The van der Waals surface area contributed by atoms with Crippen molar-refractivity contribution in [2.45, 2.75) is 39.3 Å². The molecule has 1 aliphatic rings. The molecule has 35 heavy (non-hydrogen) atoms. The number of amides is 2. The summed E-state index contributed by atoms with van der Waals surface area (Å²) in [7, 11) is -3.61. The van der Waals surface area contributed by atoms with Gasteiger partial charge in [-0.3, -0.25) is 13.9 Å². The first-order valence-corrected chi connectivity index (χ1v) is 13.5. The van der Waals surface area contributed by atoms with Crippen molar-refractivity contribution in [1.29, 1.82) is 0 Å². The molecule has 1 unspecified atom stereocenters. The second-order valence-electron chi connectivity index (χ2n) is 8.19.